The molecule has 1 aliphatic carbocycles. The number of imidazole rings is 1. The maximum Gasteiger partial charge on any atom is 0.181 e. The van der Waals surface area contributed by atoms with E-state index in [0.29, 0.717) is 6.54 Å². The Balaban J connectivity index is 1.59. The highest BCUT2D eigenvalue weighted by Crippen LogP contribution is 2.28. The van der Waals surface area contributed by atoms with Gasteiger partial charge in [-0.3, -0.25) is 9.38 Å². The number of anilines is 1. The monoisotopic (exact) mass is 399 g/mol. The van der Waals surface area contributed by atoms with E-state index in [2.05, 4.69) is 47.9 Å². The zero-order valence-corrected chi connectivity index (χ0v) is 15.7. The molecule has 0 bridgehead atoms. The SMILES string of the molecule is Brc1cnc2c(NCc3cccnc3)nc(CC3CCCCC3)cn12. The maximum absolute atomic E-state index is 4.89. The van der Waals surface area contributed by atoms with Gasteiger partial charge in [0.25, 0.3) is 0 Å². The van der Waals surface area contributed by atoms with Gasteiger partial charge in [-0.2, -0.15) is 0 Å². The van der Waals surface area contributed by atoms with E-state index in [1.165, 1.54) is 32.1 Å². The average molecular weight is 400 g/mol. The molecule has 5 nitrogen and oxygen atoms in total. The van der Waals surface area contributed by atoms with Crippen LogP contribution in [0.4, 0.5) is 5.82 Å². The molecule has 0 saturated heterocycles. The van der Waals surface area contributed by atoms with Crippen molar-refractivity contribution in [3.05, 3.63) is 52.8 Å². The fourth-order valence-corrected chi connectivity index (χ4v) is 3.97. The van der Waals surface area contributed by atoms with Crippen LogP contribution < -0.4 is 5.32 Å². The molecule has 3 heterocycles. The topological polar surface area (TPSA) is 55.1 Å². The van der Waals surface area contributed by atoms with Gasteiger partial charge in [0.1, 0.15) is 4.60 Å². The lowest BCUT2D eigenvalue weighted by atomic mass is 9.86. The van der Waals surface area contributed by atoms with Crippen LogP contribution in [0.1, 0.15) is 43.4 Å². The first-order valence-electron chi connectivity index (χ1n) is 8.95. The van der Waals surface area contributed by atoms with Gasteiger partial charge in [-0.05, 0) is 39.9 Å². The first-order chi connectivity index (χ1) is 12.3. The Labute approximate surface area is 156 Å². The first-order valence-corrected chi connectivity index (χ1v) is 9.74. The molecule has 130 valence electrons. The second-order valence-corrected chi connectivity index (χ2v) is 7.59. The van der Waals surface area contributed by atoms with Gasteiger partial charge < -0.3 is 5.32 Å². The lowest BCUT2D eigenvalue weighted by Crippen LogP contribution is -2.12. The van der Waals surface area contributed by atoms with Crippen molar-refractivity contribution in [1.29, 1.82) is 0 Å². The smallest absolute Gasteiger partial charge is 0.181 e. The lowest BCUT2D eigenvalue weighted by Gasteiger charge is -2.21. The van der Waals surface area contributed by atoms with Crippen LogP contribution in [0, 0.1) is 5.92 Å². The summed E-state index contributed by atoms with van der Waals surface area (Å²) in [6.45, 7) is 0.688. The van der Waals surface area contributed by atoms with E-state index in [0.717, 1.165) is 39.7 Å². The fraction of sp³-hybridized carbons (Fsp3) is 0.421. The maximum atomic E-state index is 4.89. The van der Waals surface area contributed by atoms with Crippen LogP contribution in [0.5, 0.6) is 0 Å². The summed E-state index contributed by atoms with van der Waals surface area (Å²) in [5.74, 6) is 1.59. The van der Waals surface area contributed by atoms with Crippen LogP contribution in [0.2, 0.25) is 0 Å². The van der Waals surface area contributed by atoms with Gasteiger partial charge in [0, 0.05) is 25.1 Å². The molecule has 0 unspecified atom stereocenters. The minimum Gasteiger partial charge on any atom is -0.363 e. The molecule has 1 N–H and O–H groups in total. The molecule has 0 amide bonds. The largest absolute Gasteiger partial charge is 0.363 e. The van der Waals surface area contributed by atoms with Crippen LogP contribution in [-0.4, -0.2) is 19.4 Å². The summed E-state index contributed by atoms with van der Waals surface area (Å²) in [5, 5.41) is 3.44. The highest BCUT2D eigenvalue weighted by Gasteiger charge is 2.17. The normalized spacial score (nSPS) is 15.6. The molecule has 0 radical (unpaired) electrons. The van der Waals surface area contributed by atoms with Gasteiger partial charge in [0.05, 0.1) is 11.9 Å². The molecule has 1 fully saturated rings. The quantitative estimate of drug-likeness (QED) is 0.679. The molecule has 1 aliphatic rings. The molecule has 0 spiro atoms. The zero-order chi connectivity index (χ0) is 17.1. The zero-order valence-electron chi connectivity index (χ0n) is 14.2. The summed E-state index contributed by atoms with van der Waals surface area (Å²) in [6, 6.07) is 4.01. The molecule has 0 atom stereocenters. The highest BCUT2D eigenvalue weighted by molar-refractivity contribution is 9.10. The third-order valence-corrected chi connectivity index (χ3v) is 5.49. The average Bonchev–Trinajstić information content (AvgIpc) is 3.03. The molecule has 0 aliphatic heterocycles. The van der Waals surface area contributed by atoms with Crippen molar-refractivity contribution < 1.29 is 0 Å². The molecule has 4 rings (SSSR count). The van der Waals surface area contributed by atoms with Gasteiger partial charge in [-0.15, -0.1) is 0 Å². The van der Waals surface area contributed by atoms with E-state index in [4.69, 9.17) is 4.98 Å². The number of rotatable bonds is 5. The summed E-state index contributed by atoms with van der Waals surface area (Å²) in [6.07, 6.45) is 15.4. The number of fused-ring (bicyclic) bond motifs is 1. The Bertz CT molecular complexity index is 840. The predicted molar refractivity (Wildman–Crippen MR) is 103 cm³/mol. The van der Waals surface area contributed by atoms with Crippen LogP contribution >= 0.6 is 15.9 Å². The molecule has 3 aromatic heterocycles. The predicted octanol–water partition coefficient (Wildman–Crippen LogP) is 4.62. The Morgan fingerprint density at radius 2 is 2.08 bits per heavy atom. The molecule has 1 saturated carbocycles. The standard InChI is InChI=1S/C19H22BrN5/c20-17-12-23-19-18(22-11-15-7-4-8-21-10-15)24-16(13-25(17)19)9-14-5-2-1-3-6-14/h4,7-8,10,12-14H,1-3,5-6,9,11H2,(H,22,24). The Morgan fingerprint density at radius 1 is 1.20 bits per heavy atom. The second kappa shape index (κ2) is 7.52. The van der Waals surface area contributed by atoms with E-state index >= 15 is 0 Å². The van der Waals surface area contributed by atoms with Crippen LogP contribution in [0.3, 0.4) is 0 Å². The molecular formula is C19H22BrN5. The first kappa shape index (κ1) is 16.5. The van der Waals surface area contributed by atoms with Gasteiger partial charge in [-0.25, -0.2) is 9.97 Å². The van der Waals surface area contributed by atoms with Crippen molar-refractivity contribution in [3.8, 4) is 0 Å². The van der Waals surface area contributed by atoms with Crippen molar-refractivity contribution in [2.45, 2.75) is 45.1 Å². The van der Waals surface area contributed by atoms with E-state index in [9.17, 15) is 0 Å². The number of pyridine rings is 1. The Morgan fingerprint density at radius 3 is 2.88 bits per heavy atom. The third kappa shape index (κ3) is 3.84. The van der Waals surface area contributed by atoms with Crippen LogP contribution in [0.15, 0.2) is 41.5 Å². The minimum absolute atomic E-state index is 0.688. The number of halogens is 1. The van der Waals surface area contributed by atoms with Crippen molar-refractivity contribution >= 4 is 27.4 Å². The number of hydrogen-bond acceptors (Lipinski definition) is 4. The third-order valence-electron chi connectivity index (χ3n) is 4.90. The van der Waals surface area contributed by atoms with Crippen LogP contribution in [0.25, 0.3) is 5.65 Å². The van der Waals surface area contributed by atoms with Crippen molar-refractivity contribution in [2.75, 3.05) is 5.32 Å². The van der Waals surface area contributed by atoms with E-state index in [1.54, 1.807) is 6.20 Å². The Kier molecular flexibility index (Phi) is 4.97. The van der Waals surface area contributed by atoms with Gasteiger partial charge in [0.2, 0.25) is 0 Å². The summed E-state index contributed by atoms with van der Waals surface area (Å²) in [5.41, 5.74) is 3.11. The van der Waals surface area contributed by atoms with E-state index in [-0.39, 0.29) is 0 Å². The molecule has 25 heavy (non-hydrogen) atoms. The highest BCUT2D eigenvalue weighted by atomic mass is 79.9. The fourth-order valence-electron chi connectivity index (χ4n) is 3.60. The molecule has 6 heteroatoms. The summed E-state index contributed by atoms with van der Waals surface area (Å²) in [4.78, 5) is 13.6. The van der Waals surface area contributed by atoms with Gasteiger partial charge in [-0.1, -0.05) is 38.2 Å². The van der Waals surface area contributed by atoms with Gasteiger partial charge >= 0.3 is 0 Å². The lowest BCUT2D eigenvalue weighted by molar-refractivity contribution is 0.354. The van der Waals surface area contributed by atoms with Crippen molar-refractivity contribution in [3.63, 3.8) is 0 Å². The minimum atomic E-state index is 0.688. The van der Waals surface area contributed by atoms with Crippen LogP contribution in [-0.2, 0) is 13.0 Å². The summed E-state index contributed by atoms with van der Waals surface area (Å²) in [7, 11) is 0. The number of aromatic nitrogens is 4. The van der Waals surface area contributed by atoms with Crippen molar-refractivity contribution in [2.24, 2.45) is 5.92 Å². The summed E-state index contributed by atoms with van der Waals surface area (Å²) < 4.78 is 3.04. The number of hydrogen-bond donors (Lipinski definition) is 1. The molecular weight excluding hydrogens is 378 g/mol. The number of nitrogens with zero attached hydrogens (tertiary/aromatic N) is 4. The van der Waals surface area contributed by atoms with Gasteiger partial charge in [0.15, 0.2) is 11.5 Å². The van der Waals surface area contributed by atoms with Crippen molar-refractivity contribution in [1.82, 2.24) is 19.4 Å². The van der Waals surface area contributed by atoms with E-state index < -0.39 is 0 Å². The van der Waals surface area contributed by atoms with E-state index in [1.807, 2.05) is 18.5 Å². The molecule has 0 aromatic carbocycles. The molecule has 3 aromatic rings. The Hall–Kier alpha value is -1.95. The number of nitrogens with one attached hydrogen (secondary N) is 1. The summed E-state index contributed by atoms with van der Waals surface area (Å²) >= 11 is 3.59. The second-order valence-electron chi connectivity index (χ2n) is 6.78.